The fourth-order valence-corrected chi connectivity index (χ4v) is 2.60. The van der Waals surface area contributed by atoms with Crippen LogP contribution in [0.2, 0.25) is 5.02 Å². The number of rotatable bonds is 4. The molecule has 0 aliphatic rings. The molecule has 7 heteroatoms. The molecule has 0 aliphatic heterocycles. The van der Waals surface area contributed by atoms with Gasteiger partial charge in [-0.1, -0.05) is 11.6 Å². The molecule has 19 heavy (non-hydrogen) atoms. The average molecular weight is 300 g/mol. The molecular weight excluding hydrogens is 286 g/mol. The van der Waals surface area contributed by atoms with Crippen LogP contribution in [0.3, 0.4) is 0 Å². The van der Waals surface area contributed by atoms with Crippen molar-refractivity contribution in [1.82, 2.24) is 9.78 Å². The summed E-state index contributed by atoms with van der Waals surface area (Å²) in [4.78, 5) is 11.6. The van der Waals surface area contributed by atoms with E-state index in [2.05, 4.69) is 10.4 Å². The van der Waals surface area contributed by atoms with E-state index in [-0.39, 0.29) is 17.1 Å². The highest BCUT2D eigenvalue weighted by Gasteiger charge is 2.23. The van der Waals surface area contributed by atoms with Gasteiger partial charge in [-0.3, -0.25) is 4.79 Å². The van der Waals surface area contributed by atoms with Gasteiger partial charge in [-0.05, 0) is 29.3 Å². The number of aromatic nitrogens is 2. The Morgan fingerprint density at radius 1 is 1.63 bits per heavy atom. The van der Waals surface area contributed by atoms with E-state index >= 15 is 0 Å². The number of nitrogens with zero attached hydrogens (tertiary/aromatic N) is 2. The fourth-order valence-electron chi connectivity index (χ4n) is 1.57. The van der Waals surface area contributed by atoms with Gasteiger partial charge in [0.2, 0.25) is 0 Å². The zero-order valence-corrected chi connectivity index (χ0v) is 12.1. The molecule has 0 fully saturated rings. The highest BCUT2D eigenvalue weighted by molar-refractivity contribution is 7.08. The highest BCUT2D eigenvalue weighted by atomic mass is 35.5. The van der Waals surface area contributed by atoms with Crippen molar-refractivity contribution in [2.24, 2.45) is 7.05 Å². The van der Waals surface area contributed by atoms with Gasteiger partial charge < -0.3 is 10.4 Å². The largest absolute Gasteiger partial charge is 0.384 e. The maximum atomic E-state index is 11.6. The van der Waals surface area contributed by atoms with Gasteiger partial charge in [-0.2, -0.15) is 16.4 Å². The predicted molar refractivity (Wildman–Crippen MR) is 76.9 cm³/mol. The smallest absolute Gasteiger partial charge is 0.287 e. The van der Waals surface area contributed by atoms with E-state index < -0.39 is 5.60 Å². The molecule has 0 saturated heterocycles. The molecule has 0 amide bonds. The van der Waals surface area contributed by atoms with Crippen LogP contribution >= 0.6 is 22.9 Å². The van der Waals surface area contributed by atoms with E-state index in [1.165, 1.54) is 24.6 Å². The van der Waals surface area contributed by atoms with Crippen LogP contribution in [0.25, 0.3) is 0 Å². The molecule has 0 radical (unpaired) electrons. The lowest BCUT2D eigenvalue weighted by Crippen LogP contribution is -2.31. The van der Waals surface area contributed by atoms with Crippen LogP contribution in [0.1, 0.15) is 12.5 Å². The van der Waals surface area contributed by atoms with E-state index in [1.807, 2.05) is 16.8 Å². The first kappa shape index (κ1) is 14.0. The summed E-state index contributed by atoms with van der Waals surface area (Å²) in [5.41, 5.74) is -0.176. The first-order valence-corrected chi connectivity index (χ1v) is 6.94. The first-order chi connectivity index (χ1) is 8.92. The predicted octanol–water partition coefficient (Wildman–Crippen LogP) is 1.81. The second-order valence-electron chi connectivity index (χ2n) is 4.44. The summed E-state index contributed by atoms with van der Waals surface area (Å²) in [7, 11) is 1.53. The second kappa shape index (κ2) is 5.32. The summed E-state index contributed by atoms with van der Waals surface area (Å²) in [5.74, 6) is 0. The fraction of sp³-hybridized carbons (Fsp3) is 0.333. The Balaban J connectivity index is 2.16. The maximum absolute atomic E-state index is 11.6. The Hall–Kier alpha value is -1.37. The van der Waals surface area contributed by atoms with Crippen molar-refractivity contribution >= 4 is 28.6 Å². The summed E-state index contributed by atoms with van der Waals surface area (Å²) in [6.45, 7) is 1.93. The molecule has 0 spiro atoms. The Labute approximate surface area is 119 Å². The molecule has 2 aromatic rings. The van der Waals surface area contributed by atoms with Gasteiger partial charge in [-0.25, -0.2) is 4.68 Å². The third kappa shape index (κ3) is 2.97. The molecule has 2 aromatic heterocycles. The number of hydrogen-bond donors (Lipinski definition) is 2. The van der Waals surface area contributed by atoms with E-state index in [1.54, 1.807) is 6.92 Å². The third-order valence-electron chi connectivity index (χ3n) is 2.84. The number of nitrogens with one attached hydrogen (secondary N) is 1. The van der Waals surface area contributed by atoms with Crippen LogP contribution < -0.4 is 10.9 Å². The molecule has 2 rings (SSSR count). The van der Waals surface area contributed by atoms with E-state index in [0.29, 0.717) is 5.69 Å². The lowest BCUT2D eigenvalue weighted by molar-refractivity contribution is 0.0720. The summed E-state index contributed by atoms with van der Waals surface area (Å²) >= 11 is 7.45. The SMILES string of the molecule is Cn1ncc(NCC(C)(O)c2ccsc2)c(Cl)c1=O. The molecule has 2 N–H and O–H groups in total. The van der Waals surface area contributed by atoms with E-state index in [9.17, 15) is 9.90 Å². The summed E-state index contributed by atoms with van der Waals surface area (Å²) in [5, 5.41) is 21.0. The normalized spacial score (nSPS) is 14.1. The Kier molecular flexibility index (Phi) is 3.93. The van der Waals surface area contributed by atoms with Crippen molar-refractivity contribution in [3.63, 3.8) is 0 Å². The van der Waals surface area contributed by atoms with Gasteiger partial charge in [0.15, 0.2) is 0 Å². The van der Waals surface area contributed by atoms with Crippen LogP contribution in [-0.2, 0) is 12.6 Å². The minimum Gasteiger partial charge on any atom is -0.384 e. The van der Waals surface area contributed by atoms with Crippen LogP contribution in [0.4, 0.5) is 5.69 Å². The number of anilines is 1. The van der Waals surface area contributed by atoms with Crippen molar-refractivity contribution in [1.29, 1.82) is 0 Å². The molecule has 0 saturated carbocycles. The van der Waals surface area contributed by atoms with Gasteiger partial charge in [0.1, 0.15) is 10.6 Å². The molecule has 5 nitrogen and oxygen atoms in total. The molecule has 102 valence electrons. The topological polar surface area (TPSA) is 67.2 Å². The van der Waals surface area contributed by atoms with Crippen LogP contribution in [0.5, 0.6) is 0 Å². The molecular formula is C12H14ClN3O2S. The number of hydrogen-bond acceptors (Lipinski definition) is 5. The lowest BCUT2D eigenvalue weighted by atomic mass is 9.99. The van der Waals surface area contributed by atoms with Gasteiger partial charge in [-0.15, -0.1) is 0 Å². The minimum atomic E-state index is -1.04. The van der Waals surface area contributed by atoms with Crippen molar-refractivity contribution < 1.29 is 5.11 Å². The van der Waals surface area contributed by atoms with Crippen LogP contribution in [-0.4, -0.2) is 21.4 Å². The molecule has 2 heterocycles. The van der Waals surface area contributed by atoms with Crippen molar-refractivity contribution in [2.75, 3.05) is 11.9 Å². The van der Waals surface area contributed by atoms with Crippen molar-refractivity contribution in [3.8, 4) is 0 Å². The van der Waals surface area contributed by atoms with Crippen LogP contribution in [0.15, 0.2) is 27.8 Å². The van der Waals surface area contributed by atoms with Gasteiger partial charge >= 0.3 is 0 Å². The summed E-state index contributed by atoms with van der Waals surface area (Å²) in [6.07, 6.45) is 1.47. The zero-order chi connectivity index (χ0) is 14.0. The minimum absolute atomic E-state index is 0.0682. The summed E-state index contributed by atoms with van der Waals surface area (Å²) in [6, 6.07) is 1.86. The van der Waals surface area contributed by atoms with Crippen molar-refractivity contribution in [3.05, 3.63) is 44.0 Å². The Morgan fingerprint density at radius 2 is 2.37 bits per heavy atom. The number of aryl methyl sites for hydroxylation is 1. The Bertz CT molecular complexity index is 622. The summed E-state index contributed by atoms with van der Waals surface area (Å²) < 4.78 is 1.16. The molecule has 0 bridgehead atoms. The quantitative estimate of drug-likeness (QED) is 0.903. The van der Waals surface area contributed by atoms with E-state index in [4.69, 9.17) is 11.6 Å². The molecule has 0 aromatic carbocycles. The molecule has 0 aliphatic carbocycles. The Morgan fingerprint density at radius 3 is 3.00 bits per heavy atom. The van der Waals surface area contributed by atoms with Crippen molar-refractivity contribution in [2.45, 2.75) is 12.5 Å². The van der Waals surface area contributed by atoms with E-state index in [0.717, 1.165) is 10.2 Å². The number of halogens is 1. The second-order valence-corrected chi connectivity index (χ2v) is 5.60. The van der Waals surface area contributed by atoms with Gasteiger partial charge in [0.05, 0.1) is 11.9 Å². The van der Waals surface area contributed by atoms with Gasteiger partial charge in [0.25, 0.3) is 5.56 Å². The van der Waals surface area contributed by atoms with Crippen LogP contribution in [0, 0.1) is 0 Å². The highest BCUT2D eigenvalue weighted by Crippen LogP contribution is 2.24. The average Bonchev–Trinajstić information content (AvgIpc) is 2.90. The number of thiophene rings is 1. The monoisotopic (exact) mass is 299 g/mol. The third-order valence-corrected chi connectivity index (χ3v) is 3.89. The first-order valence-electron chi connectivity index (χ1n) is 5.62. The molecule has 1 unspecified atom stereocenters. The lowest BCUT2D eigenvalue weighted by Gasteiger charge is -2.23. The maximum Gasteiger partial charge on any atom is 0.287 e. The molecule has 1 atom stereocenters. The number of aliphatic hydroxyl groups is 1. The zero-order valence-electron chi connectivity index (χ0n) is 10.6. The van der Waals surface area contributed by atoms with Gasteiger partial charge in [0, 0.05) is 13.6 Å². The standard InChI is InChI=1S/C12H14ClN3O2S/c1-12(18,8-3-4-19-6-8)7-14-9-5-15-16(2)11(17)10(9)13/h3-6,14,18H,7H2,1-2H3.